The van der Waals surface area contributed by atoms with Crippen molar-refractivity contribution in [3.8, 4) is 0 Å². The first-order chi connectivity index (χ1) is 9.89. The zero-order chi connectivity index (χ0) is 15.2. The monoisotopic (exact) mass is 311 g/mol. The zero-order valence-electron chi connectivity index (χ0n) is 11.4. The van der Waals surface area contributed by atoms with E-state index in [2.05, 4.69) is 0 Å². The number of nitrogens with zero attached hydrogens (tertiary/aromatic N) is 2. The van der Waals surface area contributed by atoms with Crippen molar-refractivity contribution in [2.24, 2.45) is 11.8 Å². The first kappa shape index (κ1) is 14.3. The van der Waals surface area contributed by atoms with Gasteiger partial charge in [0, 0.05) is 25.2 Å². The largest absolute Gasteiger partial charge is 0.398 e. The maximum atomic E-state index is 12.7. The maximum absolute atomic E-state index is 12.7. The molecule has 2 atom stereocenters. The van der Waals surface area contributed by atoms with Crippen LogP contribution in [-0.2, 0) is 10.0 Å². The molecule has 0 spiro atoms. The van der Waals surface area contributed by atoms with Gasteiger partial charge in [-0.1, -0.05) is 6.42 Å². The van der Waals surface area contributed by atoms with Crippen LogP contribution in [-0.4, -0.2) is 30.7 Å². The number of sulfonamides is 1. The molecule has 1 aliphatic carbocycles. The number of hydrogen-bond donors (Lipinski definition) is 1. The lowest BCUT2D eigenvalue weighted by atomic mass is 10.0. The Labute approximate surface area is 122 Å². The van der Waals surface area contributed by atoms with Crippen LogP contribution in [0.25, 0.3) is 0 Å². The molecule has 0 radical (unpaired) electrons. The molecule has 114 valence electrons. The van der Waals surface area contributed by atoms with Gasteiger partial charge >= 0.3 is 0 Å². The Morgan fingerprint density at radius 1 is 1.24 bits per heavy atom. The lowest BCUT2D eigenvalue weighted by molar-refractivity contribution is -0.385. The van der Waals surface area contributed by atoms with E-state index in [1.807, 2.05) is 0 Å². The Bertz CT molecular complexity index is 677. The van der Waals surface area contributed by atoms with Gasteiger partial charge in [0.1, 0.15) is 4.90 Å². The van der Waals surface area contributed by atoms with E-state index in [0.717, 1.165) is 25.3 Å². The van der Waals surface area contributed by atoms with Gasteiger partial charge in [-0.2, -0.15) is 4.31 Å². The van der Waals surface area contributed by atoms with Crippen LogP contribution in [0.4, 0.5) is 11.4 Å². The van der Waals surface area contributed by atoms with Gasteiger partial charge in [-0.05, 0) is 30.7 Å². The van der Waals surface area contributed by atoms with Crippen molar-refractivity contribution in [1.29, 1.82) is 0 Å². The molecule has 2 aliphatic rings. The Hall–Kier alpha value is -1.67. The number of nitrogens with two attached hydrogens (primary N) is 1. The summed E-state index contributed by atoms with van der Waals surface area (Å²) in [5.41, 5.74) is 5.52. The Morgan fingerprint density at radius 2 is 1.86 bits per heavy atom. The first-order valence-corrected chi connectivity index (χ1v) is 8.37. The predicted octanol–water partition coefficient (Wildman–Crippen LogP) is 1.60. The summed E-state index contributed by atoms with van der Waals surface area (Å²) in [5, 5.41) is 10.8. The van der Waals surface area contributed by atoms with Crippen molar-refractivity contribution in [3.05, 3.63) is 28.3 Å². The number of rotatable bonds is 3. The van der Waals surface area contributed by atoms with Crippen LogP contribution in [0.2, 0.25) is 0 Å². The average molecular weight is 311 g/mol. The standard InChI is InChI=1S/C13H17N3O4S/c14-12-5-4-11(16(17)18)6-13(12)21(19,20)15-7-9-2-1-3-10(9)8-15/h4-6,9-10H,1-3,7-8,14H2. The van der Waals surface area contributed by atoms with E-state index in [9.17, 15) is 18.5 Å². The summed E-state index contributed by atoms with van der Waals surface area (Å²) in [7, 11) is -3.76. The van der Waals surface area contributed by atoms with Crippen LogP contribution in [0, 0.1) is 22.0 Å². The quantitative estimate of drug-likeness (QED) is 0.518. The predicted molar refractivity (Wildman–Crippen MR) is 77.1 cm³/mol. The lowest BCUT2D eigenvalue weighted by Gasteiger charge is -2.18. The van der Waals surface area contributed by atoms with Crippen molar-refractivity contribution in [3.63, 3.8) is 0 Å². The molecule has 0 amide bonds. The molecule has 8 heteroatoms. The summed E-state index contributed by atoms with van der Waals surface area (Å²) in [5.74, 6) is 0.833. The molecular formula is C13H17N3O4S. The van der Waals surface area contributed by atoms with Crippen LogP contribution < -0.4 is 5.73 Å². The maximum Gasteiger partial charge on any atom is 0.270 e. The summed E-state index contributed by atoms with van der Waals surface area (Å²) < 4.78 is 26.8. The van der Waals surface area contributed by atoms with E-state index < -0.39 is 14.9 Å². The van der Waals surface area contributed by atoms with E-state index in [1.54, 1.807) is 0 Å². The summed E-state index contributed by atoms with van der Waals surface area (Å²) in [6.45, 7) is 0.990. The second kappa shape index (κ2) is 4.96. The molecule has 2 N–H and O–H groups in total. The molecule has 2 unspecified atom stereocenters. The molecule has 0 aromatic heterocycles. The fourth-order valence-corrected chi connectivity index (χ4v) is 5.08. The van der Waals surface area contributed by atoms with Gasteiger partial charge < -0.3 is 5.73 Å². The fraction of sp³-hybridized carbons (Fsp3) is 0.538. The average Bonchev–Trinajstić information content (AvgIpc) is 2.99. The van der Waals surface area contributed by atoms with Crippen molar-refractivity contribution in [2.45, 2.75) is 24.2 Å². The summed E-state index contributed by atoms with van der Waals surface area (Å²) in [6.07, 6.45) is 3.27. The summed E-state index contributed by atoms with van der Waals surface area (Å²) >= 11 is 0. The van der Waals surface area contributed by atoms with Gasteiger partial charge in [-0.25, -0.2) is 8.42 Å². The van der Waals surface area contributed by atoms with Crippen molar-refractivity contribution < 1.29 is 13.3 Å². The number of fused-ring (bicyclic) bond motifs is 1. The zero-order valence-corrected chi connectivity index (χ0v) is 12.3. The summed E-state index contributed by atoms with van der Waals surface area (Å²) in [4.78, 5) is 10.1. The number of nitro benzene ring substituents is 1. The molecule has 1 saturated carbocycles. The van der Waals surface area contributed by atoms with E-state index in [0.29, 0.717) is 24.9 Å². The van der Waals surface area contributed by atoms with Gasteiger partial charge in [-0.3, -0.25) is 10.1 Å². The van der Waals surface area contributed by atoms with E-state index in [-0.39, 0.29) is 16.3 Å². The van der Waals surface area contributed by atoms with Gasteiger partial charge in [-0.15, -0.1) is 0 Å². The van der Waals surface area contributed by atoms with Crippen LogP contribution in [0.15, 0.2) is 23.1 Å². The molecule has 3 rings (SSSR count). The topological polar surface area (TPSA) is 107 Å². The Kier molecular flexibility index (Phi) is 3.37. The third-order valence-electron chi connectivity index (χ3n) is 4.52. The van der Waals surface area contributed by atoms with Gasteiger partial charge in [0.25, 0.3) is 5.69 Å². The highest BCUT2D eigenvalue weighted by Crippen LogP contribution is 2.40. The van der Waals surface area contributed by atoms with Gasteiger partial charge in [0.05, 0.1) is 10.6 Å². The highest BCUT2D eigenvalue weighted by atomic mass is 32.2. The molecule has 0 bridgehead atoms. The number of hydrogen-bond acceptors (Lipinski definition) is 5. The first-order valence-electron chi connectivity index (χ1n) is 6.93. The normalized spacial score (nSPS) is 25.9. The number of nitrogen functional groups attached to an aromatic ring is 1. The molecule has 1 aromatic rings. The number of anilines is 1. The molecular weight excluding hydrogens is 294 g/mol. The van der Waals surface area contributed by atoms with Crippen LogP contribution in [0.5, 0.6) is 0 Å². The van der Waals surface area contributed by atoms with E-state index in [1.165, 1.54) is 16.4 Å². The minimum Gasteiger partial charge on any atom is -0.398 e. The van der Waals surface area contributed by atoms with Crippen molar-refractivity contribution in [2.75, 3.05) is 18.8 Å². The second-order valence-electron chi connectivity index (χ2n) is 5.75. The van der Waals surface area contributed by atoms with Gasteiger partial charge in [0.15, 0.2) is 0 Å². The van der Waals surface area contributed by atoms with Crippen molar-refractivity contribution in [1.82, 2.24) is 4.31 Å². The van der Waals surface area contributed by atoms with E-state index in [4.69, 9.17) is 5.73 Å². The molecule has 2 fully saturated rings. The fourth-order valence-electron chi connectivity index (χ4n) is 3.39. The molecule has 1 aromatic carbocycles. The number of non-ortho nitro benzene ring substituents is 1. The minimum atomic E-state index is -3.76. The molecule has 7 nitrogen and oxygen atoms in total. The molecule has 1 heterocycles. The van der Waals surface area contributed by atoms with Crippen LogP contribution >= 0.6 is 0 Å². The SMILES string of the molecule is Nc1ccc([N+](=O)[O-])cc1S(=O)(=O)N1CC2CCCC2C1. The molecule has 1 aliphatic heterocycles. The van der Waals surface area contributed by atoms with E-state index >= 15 is 0 Å². The number of nitro groups is 1. The second-order valence-corrected chi connectivity index (χ2v) is 7.66. The highest BCUT2D eigenvalue weighted by Gasteiger charge is 2.42. The Balaban J connectivity index is 1.95. The van der Waals surface area contributed by atoms with Crippen LogP contribution in [0.3, 0.4) is 0 Å². The smallest absolute Gasteiger partial charge is 0.270 e. The molecule has 21 heavy (non-hydrogen) atoms. The van der Waals surface area contributed by atoms with Crippen LogP contribution in [0.1, 0.15) is 19.3 Å². The minimum absolute atomic E-state index is 0.0534. The van der Waals surface area contributed by atoms with Gasteiger partial charge in [0.2, 0.25) is 10.0 Å². The third-order valence-corrected chi connectivity index (χ3v) is 6.41. The number of benzene rings is 1. The van der Waals surface area contributed by atoms with Crippen molar-refractivity contribution >= 4 is 21.4 Å². The summed E-state index contributed by atoms with van der Waals surface area (Å²) in [6, 6.07) is 3.55. The Morgan fingerprint density at radius 3 is 2.43 bits per heavy atom. The molecule has 1 saturated heterocycles. The third kappa shape index (κ3) is 2.38. The lowest BCUT2D eigenvalue weighted by Crippen LogP contribution is -2.30. The highest BCUT2D eigenvalue weighted by molar-refractivity contribution is 7.89.